The van der Waals surface area contributed by atoms with E-state index in [-0.39, 0.29) is 5.97 Å². The zero-order valence-electron chi connectivity index (χ0n) is 9.12. The number of hydrogen-bond acceptors (Lipinski definition) is 2. The first kappa shape index (κ1) is 12.3. The number of carbonyl (C=O) groups is 1. The van der Waals surface area contributed by atoms with Gasteiger partial charge >= 0.3 is 5.97 Å². The lowest BCUT2D eigenvalue weighted by Crippen LogP contribution is -2.04. The van der Waals surface area contributed by atoms with Crippen LogP contribution in [0.25, 0.3) is 0 Å². The SMILES string of the molecule is CCOC(=O)c1cn(CCCBr)cc1C. The molecular weight excluding hydrogens is 258 g/mol. The minimum absolute atomic E-state index is 0.229. The Labute approximate surface area is 98.5 Å². The maximum absolute atomic E-state index is 11.5. The summed E-state index contributed by atoms with van der Waals surface area (Å²) in [5, 5.41) is 0.971. The van der Waals surface area contributed by atoms with Crippen LogP contribution in [0.4, 0.5) is 0 Å². The molecule has 1 aromatic rings. The van der Waals surface area contributed by atoms with Crippen molar-refractivity contribution in [3.8, 4) is 0 Å². The van der Waals surface area contributed by atoms with E-state index in [9.17, 15) is 4.79 Å². The van der Waals surface area contributed by atoms with Crippen molar-refractivity contribution >= 4 is 21.9 Å². The molecule has 1 aromatic heterocycles. The number of alkyl halides is 1. The van der Waals surface area contributed by atoms with Crippen LogP contribution in [0.3, 0.4) is 0 Å². The Bertz CT molecular complexity index is 333. The summed E-state index contributed by atoms with van der Waals surface area (Å²) in [4.78, 5) is 11.5. The Morgan fingerprint density at radius 2 is 2.27 bits per heavy atom. The molecule has 0 aliphatic carbocycles. The van der Waals surface area contributed by atoms with Gasteiger partial charge in [-0.3, -0.25) is 0 Å². The molecule has 15 heavy (non-hydrogen) atoms. The van der Waals surface area contributed by atoms with Crippen LogP contribution < -0.4 is 0 Å². The first-order valence-corrected chi connectivity index (χ1v) is 6.20. The summed E-state index contributed by atoms with van der Waals surface area (Å²) in [6.07, 6.45) is 4.89. The van der Waals surface area contributed by atoms with Crippen LogP contribution in [-0.4, -0.2) is 22.5 Å². The van der Waals surface area contributed by atoms with Gasteiger partial charge in [0.2, 0.25) is 0 Å². The fourth-order valence-corrected chi connectivity index (χ4v) is 1.67. The second-order valence-electron chi connectivity index (χ2n) is 3.36. The molecule has 0 fully saturated rings. The molecule has 0 radical (unpaired) electrons. The number of rotatable bonds is 5. The molecule has 84 valence electrons. The normalized spacial score (nSPS) is 10.3. The number of hydrogen-bond donors (Lipinski definition) is 0. The molecule has 0 aromatic carbocycles. The first-order valence-electron chi connectivity index (χ1n) is 5.08. The number of aromatic nitrogens is 1. The standard InChI is InChI=1S/C11H16BrNO2/c1-3-15-11(14)10-8-13(6-4-5-12)7-9(10)2/h7-8H,3-6H2,1-2H3. The second-order valence-corrected chi connectivity index (χ2v) is 4.15. The third kappa shape index (κ3) is 3.38. The molecule has 1 rings (SSSR count). The molecule has 0 saturated carbocycles. The lowest BCUT2D eigenvalue weighted by Gasteiger charge is -2.00. The fourth-order valence-electron chi connectivity index (χ4n) is 1.42. The van der Waals surface area contributed by atoms with Crippen molar-refractivity contribution in [3.05, 3.63) is 23.5 Å². The summed E-state index contributed by atoms with van der Waals surface area (Å²) < 4.78 is 7.00. The van der Waals surface area contributed by atoms with Gasteiger partial charge in [-0.25, -0.2) is 4.79 Å². The summed E-state index contributed by atoms with van der Waals surface area (Å²) in [6.45, 7) is 5.09. The predicted octanol–water partition coefficient (Wildman–Crippen LogP) is 2.76. The summed E-state index contributed by atoms with van der Waals surface area (Å²) in [7, 11) is 0. The smallest absolute Gasteiger partial charge is 0.339 e. The third-order valence-electron chi connectivity index (χ3n) is 2.12. The maximum atomic E-state index is 11.5. The largest absolute Gasteiger partial charge is 0.462 e. The van der Waals surface area contributed by atoms with Crippen LogP contribution in [0.2, 0.25) is 0 Å². The van der Waals surface area contributed by atoms with E-state index in [1.165, 1.54) is 0 Å². The van der Waals surface area contributed by atoms with Gasteiger partial charge in [-0.05, 0) is 25.8 Å². The fraction of sp³-hybridized carbons (Fsp3) is 0.545. The van der Waals surface area contributed by atoms with Crippen LogP contribution in [0.15, 0.2) is 12.4 Å². The quantitative estimate of drug-likeness (QED) is 0.610. The minimum Gasteiger partial charge on any atom is -0.462 e. The number of esters is 1. The van der Waals surface area contributed by atoms with Crippen molar-refractivity contribution in [1.29, 1.82) is 0 Å². The first-order chi connectivity index (χ1) is 7.19. The van der Waals surface area contributed by atoms with E-state index in [2.05, 4.69) is 15.9 Å². The van der Waals surface area contributed by atoms with Gasteiger partial charge in [-0.2, -0.15) is 0 Å². The molecule has 0 atom stereocenters. The van der Waals surface area contributed by atoms with Crippen molar-refractivity contribution < 1.29 is 9.53 Å². The summed E-state index contributed by atoms with van der Waals surface area (Å²) in [5.41, 5.74) is 1.65. The Hall–Kier alpha value is -0.770. The van der Waals surface area contributed by atoms with E-state index in [1.54, 1.807) is 0 Å². The molecule has 0 bridgehead atoms. The highest BCUT2D eigenvalue weighted by atomic mass is 79.9. The Balaban J connectivity index is 2.72. The van der Waals surface area contributed by atoms with Gasteiger partial charge in [-0.1, -0.05) is 15.9 Å². The van der Waals surface area contributed by atoms with E-state index >= 15 is 0 Å². The molecular formula is C11H16BrNO2. The number of nitrogens with zero attached hydrogens (tertiary/aromatic N) is 1. The molecule has 0 saturated heterocycles. The van der Waals surface area contributed by atoms with E-state index < -0.39 is 0 Å². The minimum atomic E-state index is -0.229. The van der Waals surface area contributed by atoms with Crippen molar-refractivity contribution in [2.24, 2.45) is 0 Å². The molecule has 4 heteroatoms. The number of aryl methyl sites for hydroxylation is 2. The van der Waals surface area contributed by atoms with E-state index in [0.717, 1.165) is 23.9 Å². The van der Waals surface area contributed by atoms with Crippen molar-refractivity contribution in [2.45, 2.75) is 26.8 Å². The maximum Gasteiger partial charge on any atom is 0.339 e. The lowest BCUT2D eigenvalue weighted by atomic mass is 10.2. The average molecular weight is 274 g/mol. The van der Waals surface area contributed by atoms with Crippen LogP contribution >= 0.6 is 15.9 Å². The number of halogens is 1. The van der Waals surface area contributed by atoms with Crippen LogP contribution in [0, 0.1) is 6.92 Å². The number of ether oxygens (including phenoxy) is 1. The summed E-state index contributed by atoms with van der Waals surface area (Å²) in [6, 6.07) is 0. The Morgan fingerprint density at radius 3 is 2.87 bits per heavy atom. The topological polar surface area (TPSA) is 31.2 Å². The van der Waals surface area contributed by atoms with Crippen LogP contribution in [-0.2, 0) is 11.3 Å². The van der Waals surface area contributed by atoms with Crippen molar-refractivity contribution in [3.63, 3.8) is 0 Å². The molecule has 1 heterocycles. The van der Waals surface area contributed by atoms with Crippen LogP contribution in [0.1, 0.15) is 29.3 Å². The molecule has 0 aliphatic heterocycles. The van der Waals surface area contributed by atoms with Gasteiger partial charge < -0.3 is 9.30 Å². The van der Waals surface area contributed by atoms with Gasteiger partial charge in [-0.15, -0.1) is 0 Å². The van der Waals surface area contributed by atoms with Crippen molar-refractivity contribution in [2.75, 3.05) is 11.9 Å². The summed E-state index contributed by atoms with van der Waals surface area (Å²) in [5.74, 6) is -0.229. The van der Waals surface area contributed by atoms with Crippen LogP contribution in [0.5, 0.6) is 0 Å². The molecule has 0 N–H and O–H groups in total. The van der Waals surface area contributed by atoms with Crippen molar-refractivity contribution in [1.82, 2.24) is 4.57 Å². The monoisotopic (exact) mass is 273 g/mol. The molecule has 3 nitrogen and oxygen atoms in total. The van der Waals surface area contributed by atoms with E-state index in [0.29, 0.717) is 12.2 Å². The third-order valence-corrected chi connectivity index (χ3v) is 2.69. The van der Waals surface area contributed by atoms with E-state index in [1.807, 2.05) is 30.8 Å². The van der Waals surface area contributed by atoms with Gasteiger partial charge in [0.15, 0.2) is 0 Å². The van der Waals surface area contributed by atoms with Gasteiger partial charge in [0.05, 0.1) is 12.2 Å². The summed E-state index contributed by atoms with van der Waals surface area (Å²) >= 11 is 3.38. The zero-order chi connectivity index (χ0) is 11.3. The highest BCUT2D eigenvalue weighted by Crippen LogP contribution is 2.11. The number of carbonyl (C=O) groups excluding carboxylic acids is 1. The predicted molar refractivity (Wildman–Crippen MR) is 63.5 cm³/mol. The Morgan fingerprint density at radius 1 is 1.53 bits per heavy atom. The lowest BCUT2D eigenvalue weighted by molar-refractivity contribution is 0.0525. The van der Waals surface area contributed by atoms with E-state index in [4.69, 9.17) is 4.74 Å². The highest BCUT2D eigenvalue weighted by Gasteiger charge is 2.12. The average Bonchev–Trinajstić information content (AvgIpc) is 2.57. The highest BCUT2D eigenvalue weighted by molar-refractivity contribution is 9.09. The van der Waals surface area contributed by atoms with Gasteiger partial charge in [0.25, 0.3) is 0 Å². The molecule has 0 aliphatic rings. The molecule has 0 unspecified atom stereocenters. The van der Waals surface area contributed by atoms with Gasteiger partial charge in [0.1, 0.15) is 0 Å². The van der Waals surface area contributed by atoms with Gasteiger partial charge in [0, 0.05) is 24.3 Å². The molecule has 0 spiro atoms. The molecule has 0 amide bonds. The second kappa shape index (κ2) is 5.95. The Kier molecular flexibility index (Phi) is 4.88. The zero-order valence-corrected chi connectivity index (χ0v) is 10.7.